The molecule has 0 saturated heterocycles. The molecule has 224 valence electrons. The van der Waals surface area contributed by atoms with E-state index in [4.69, 9.17) is 9.18 Å². The zero-order valence-corrected chi connectivity index (χ0v) is 25.5. The highest BCUT2D eigenvalue weighted by Gasteiger charge is 2.32. The maximum Gasteiger partial charge on any atom is 0.339 e. The van der Waals surface area contributed by atoms with E-state index in [1.165, 1.54) is 48.1 Å². The van der Waals surface area contributed by atoms with Crippen molar-refractivity contribution in [2.24, 2.45) is 4.99 Å². The van der Waals surface area contributed by atoms with Crippen LogP contribution in [0.25, 0.3) is 11.8 Å². The summed E-state index contributed by atoms with van der Waals surface area (Å²) in [5.74, 6) is 0.0345. The number of thiazole rings is 1. The summed E-state index contributed by atoms with van der Waals surface area (Å²) in [5, 5.41) is 11.3. The fourth-order valence-corrected chi connectivity index (χ4v) is 7.80. The number of fused-ring (bicyclic) bond motifs is 3. The van der Waals surface area contributed by atoms with Gasteiger partial charge in [0.15, 0.2) is 4.80 Å². The molecule has 7 rings (SSSR count). The van der Waals surface area contributed by atoms with Crippen LogP contribution in [0.3, 0.4) is 0 Å². The van der Waals surface area contributed by atoms with Gasteiger partial charge in [-0.2, -0.15) is 8.42 Å². The molecular weight excluding hydrogens is 611 g/mol. The number of nitro benzene ring substituents is 1. The first-order chi connectivity index (χ1) is 21.7. The smallest absolute Gasteiger partial charge is 0.339 e. The molecule has 1 atom stereocenters. The summed E-state index contributed by atoms with van der Waals surface area (Å²) in [5.41, 5.74) is 5.97. The molecule has 5 aromatic rings. The maximum absolute atomic E-state index is 13.9. The van der Waals surface area contributed by atoms with Gasteiger partial charge >= 0.3 is 10.1 Å². The second-order valence-electron chi connectivity index (χ2n) is 10.8. The first-order valence-electron chi connectivity index (χ1n) is 14.2. The average molecular weight is 636 g/mol. The zero-order chi connectivity index (χ0) is 31.3. The van der Waals surface area contributed by atoms with Crippen LogP contribution >= 0.6 is 11.3 Å². The van der Waals surface area contributed by atoms with Crippen LogP contribution in [0.2, 0.25) is 0 Å². The van der Waals surface area contributed by atoms with Crippen molar-refractivity contribution in [1.29, 1.82) is 0 Å². The molecule has 0 fully saturated rings. The summed E-state index contributed by atoms with van der Waals surface area (Å²) in [6.45, 7) is 1.53. The van der Waals surface area contributed by atoms with E-state index in [9.17, 15) is 23.3 Å². The lowest BCUT2D eigenvalue weighted by molar-refractivity contribution is -0.385. The molecule has 9 nitrogen and oxygen atoms in total. The number of nitro groups is 1. The van der Waals surface area contributed by atoms with E-state index >= 15 is 0 Å². The predicted octanol–water partition coefficient (Wildman–Crippen LogP) is 5.30. The van der Waals surface area contributed by atoms with E-state index in [0.717, 1.165) is 41.3 Å². The topological polar surface area (TPSA) is 121 Å². The second-order valence-corrected chi connectivity index (χ2v) is 13.4. The molecule has 1 aliphatic heterocycles. The number of hydrogen-bond donors (Lipinski definition) is 0. The fourth-order valence-electron chi connectivity index (χ4n) is 5.84. The first-order valence-corrected chi connectivity index (χ1v) is 16.4. The molecular formula is C34H25N3O6S2. The predicted molar refractivity (Wildman–Crippen MR) is 171 cm³/mol. The number of aryl methyl sites for hydroxylation is 2. The summed E-state index contributed by atoms with van der Waals surface area (Å²) in [6, 6.07) is 27.9. The summed E-state index contributed by atoms with van der Waals surface area (Å²) < 4.78 is 33.2. The van der Waals surface area contributed by atoms with Crippen molar-refractivity contribution in [3.63, 3.8) is 0 Å². The van der Waals surface area contributed by atoms with Gasteiger partial charge in [-0.15, -0.1) is 0 Å². The number of aromatic nitrogens is 1. The van der Waals surface area contributed by atoms with Gasteiger partial charge in [0.25, 0.3) is 11.2 Å². The third kappa shape index (κ3) is 5.19. The zero-order valence-electron chi connectivity index (χ0n) is 23.9. The molecule has 1 aromatic heterocycles. The van der Waals surface area contributed by atoms with Crippen LogP contribution in [0.1, 0.15) is 40.3 Å². The monoisotopic (exact) mass is 635 g/mol. The van der Waals surface area contributed by atoms with E-state index in [1.807, 2.05) is 42.5 Å². The van der Waals surface area contributed by atoms with Crippen LogP contribution in [0.15, 0.2) is 117 Å². The van der Waals surface area contributed by atoms with Crippen LogP contribution < -0.4 is 19.1 Å². The van der Waals surface area contributed by atoms with Crippen molar-refractivity contribution in [3.8, 4) is 5.75 Å². The van der Waals surface area contributed by atoms with Crippen LogP contribution in [0.4, 0.5) is 5.69 Å². The van der Waals surface area contributed by atoms with Crippen molar-refractivity contribution in [1.82, 2.24) is 4.57 Å². The Balaban J connectivity index is 1.25. The van der Waals surface area contributed by atoms with Gasteiger partial charge < -0.3 is 4.18 Å². The minimum Gasteiger partial charge on any atom is -0.379 e. The SMILES string of the molecule is Cc1ccc(S(=O)(=O)Oc2ccc(/C=c3\sc4n(c3=O)[C@H](c3ccccc3)C3=C(N=4)c4ccccc4CC3)cc2)cc1[N+](=O)[O-]. The molecule has 11 heteroatoms. The Hall–Kier alpha value is -5.13. The summed E-state index contributed by atoms with van der Waals surface area (Å²) >= 11 is 1.31. The molecule has 0 N–H and O–H groups in total. The average Bonchev–Trinajstić information content (AvgIpc) is 3.35. The number of allylic oxidation sites excluding steroid dienone is 1. The number of benzene rings is 4. The molecule has 0 radical (unpaired) electrons. The van der Waals surface area contributed by atoms with Crippen LogP contribution in [0.5, 0.6) is 5.75 Å². The summed E-state index contributed by atoms with van der Waals surface area (Å²) in [6.07, 6.45) is 3.44. The Bertz CT molecular complexity index is 2320. The molecule has 0 saturated carbocycles. The Morgan fingerprint density at radius 2 is 1.71 bits per heavy atom. The van der Waals surface area contributed by atoms with E-state index in [0.29, 0.717) is 20.5 Å². The van der Waals surface area contributed by atoms with E-state index < -0.39 is 15.0 Å². The largest absolute Gasteiger partial charge is 0.379 e. The standard InChI is InChI=1S/C34H25N3O6S2/c1-21-11-17-26(20-29(21)37(39)40)45(41,42)43-25-15-12-22(13-16-25)19-30-33(38)36-32(24-8-3-2-4-9-24)28-18-14-23-7-5-6-10-27(23)31(28)35-34(36)44-30/h2-13,15-17,19-20,32H,14,18H2,1H3/b30-19-/t32-/m1/s1. The highest BCUT2D eigenvalue weighted by Crippen LogP contribution is 2.41. The lowest BCUT2D eigenvalue weighted by atomic mass is 9.83. The van der Waals surface area contributed by atoms with Gasteiger partial charge in [0, 0.05) is 17.2 Å². The third-order valence-corrected chi connectivity index (χ3v) is 10.3. The maximum atomic E-state index is 13.9. The number of nitrogens with zero attached hydrogens (tertiary/aromatic N) is 3. The third-order valence-electron chi connectivity index (χ3n) is 8.04. The first kappa shape index (κ1) is 28.6. The Morgan fingerprint density at radius 1 is 0.978 bits per heavy atom. The number of hydrogen-bond acceptors (Lipinski definition) is 8. The molecule has 0 spiro atoms. The molecule has 2 heterocycles. The van der Waals surface area contributed by atoms with Crippen molar-refractivity contribution >= 4 is 38.9 Å². The molecule has 0 unspecified atom stereocenters. The lowest BCUT2D eigenvalue weighted by Crippen LogP contribution is -2.38. The lowest BCUT2D eigenvalue weighted by Gasteiger charge is -2.30. The van der Waals surface area contributed by atoms with Gasteiger partial charge in [0.2, 0.25) is 0 Å². The van der Waals surface area contributed by atoms with Crippen molar-refractivity contribution in [2.45, 2.75) is 30.7 Å². The molecule has 45 heavy (non-hydrogen) atoms. The molecule has 0 amide bonds. The van der Waals surface area contributed by atoms with Crippen molar-refractivity contribution in [3.05, 3.63) is 160 Å². The highest BCUT2D eigenvalue weighted by molar-refractivity contribution is 7.87. The van der Waals surface area contributed by atoms with Crippen molar-refractivity contribution in [2.75, 3.05) is 0 Å². The highest BCUT2D eigenvalue weighted by atomic mass is 32.2. The molecule has 2 aliphatic rings. The van der Waals surface area contributed by atoms with Gasteiger partial charge in [-0.3, -0.25) is 19.5 Å². The normalized spacial score (nSPS) is 15.9. The van der Waals surface area contributed by atoms with Crippen LogP contribution in [0, 0.1) is 17.0 Å². The van der Waals surface area contributed by atoms with E-state index in [2.05, 4.69) is 12.1 Å². The van der Waals surface area contributed by atoms with Gasteiger partial charge in [0.05, 0.1) is 21.2 Å². The molecule has 0 bridgehead atoms. The van der Waals surface area contributed by atoms with Gasteiger partial charge in [-0.25, -0.2) is 4.99 Å². The fraction of sp³-hybridized carbons (Fsp3) is 0.118. The van der Waals surface area contributed by atoms with Gasteiger partial charge in [0.1, 0.15) is 10.6 Å². The van der Waals surface area contributed by atoms with Crippen molar-refractivity contribution < 1.29 is 17.5 Å². The van der Waals surface area contributed by atoms with Gasteiger partial charge in [-0.05, 0) is 66.3 Å². The number of rotatable bonds is 6. The van der Waals surface area contributed by atoms with Crippen LogP contribution in [-0.2, 0) is 16.5 Å². The summed E-state index contributed by atoms with van der Waals surface area (Å²) in [4.78, 5) is 29.9. The molecule has 4 aromatic carbocycles. The Labute approximate surface area is 262 Å². The van der Waals surface area contributed by atoms with Gasteiger partial charge in [-0.1, -0.05) is 84.1 Å². The summed E-state index contributed by atoms with van der Waals surface area (Å²) in [7, 11) is -4.31. The Kier molecular flexibility index (Phi) is 7.06. The van der Waals surface area contributed by atoms with E-state index in [-0.39, 0.29) is 27.9 Å². The van der Waals surface area contributed by atoms with E-state index in [1.54, 1.807) is 22.8 Å². The minimum atomic E-state index is -4.31. The minimum absolute atomic E-state index is 0.0345. The quantitative estimate of drug-likeness (QED) is 0.142. The second kappa shape index (κ2) is 11.1. The molecule has 1 aliphatic carbocycles. The Morgan fingerprint density at radius 3 is 2.47 bits per heavy atom. The van der Waals surface area contributed by atoms with Crippen LogP contribution in [-0.4, -0.2) is 17.9 Å².